The van der Waals surface area contributed by atoms with Crippen LogP contribution in [0.25, 0.3) is 11.0 Å². The normalized spacial score (nSPS) is 12.2. The highest BCUT2D eigenvalue weighted by atomic mass is 15.1. The molecule has 4 nitrogen and oxygen atoms in total. The number of imidazole rings is 1. The summed E-state index contributed by atoms with van der Waals surface area (Å²) in [4.78, 5) is 8.82. The molecule has 2 heterocycles. The van der Waals surface area contributed by atoms with E-state index in [1.807, 2.05) is 12.3 Å². The van der Waals surface area contributed by atoms with Crippen molar-refractivity contribution in [2.45, 2.75) is 33.1 Å². The van der Waals surface area contributed by atoms with E-state index in [1.165, 1.54) is 0 Å². The van der Waals surface area contributed by atoms with Gasteiger partial charge in [0.05, 0.1) is 17.2 Å². The van der Waals surface area contributed by atoms with Gasteiger partial charge >= 0.3 is 0 Å². The minimum absolute atomic E-state index is 0.283. The first kappa shape index (κ1) is 13.0. The lowest BCUT2D eigenvalue weighted by Gasteiger charge is -2.23. The Kier molecular flexibility index (Phi) is 3.66. The summed E-state index contributed by atoms with van der Waals surface area (Å²) in [5.74, 6) is 1.13. The van der Waals surface area contributed by atoms with Crippen molar-refractivity contribution in [3.63, 3.8) is 0 Å². The molecule has 2 rings (SSSR count). The molecule has 2 aromatic rings. The summed E-state index contributed by atoms with van der Waals surface area (Å²) < 4.78 is 2.14. The molecule has 0 aromatic carbocycles. The molecule has 0 bridgehead atoms. The van der Waals surface area contributed by atoms with Crippen molar-refractivity contribution in [2.24, 2.45) is 18.2 Å². The predicted molar refractivity (Wildman–Crippen MR) is 74.3 cm³/mol. The van der Waals surface area contributed by atoms with E-state index in [0.29, 0.717) is 0 Å². The SMILES string of the molecule is Cn1c(CCC(C)(C)CCN)nc2ccncc21. The maximum atomic E-state index is 5.65. The van der Waals surface area contributed by atoms with Gasteiger partial charge in [-0.05, 0) is 30.9 Å². The topological polar surface area (TPSA) is 56.7 Å². The number of nitrogens with zero attached hydrogens (tertiary/aromatic N) is 3. The summed E-state index contributed by atoms with van der Waals surface area (Å²) in [5, 5.41) is 0. The van der Waals surface area contributed by atoms with Crippen LogP contribution in [0.2, 0.25) is 0 Å². The number of hydrogen-bond donors (Lipinski definition) is 1. The van der Waals surface area contributed by atoms with Crippen molar-refractivity contribution < 1.29 is 0 Å². The van der Waals surface area contributed by atoms with E-state index in [9.17, 15) is 0 Å². The van der Waals surface area contributed by atoms with E-state index in [-0.39, 0.29) is 5.41 Å². The van der Waals surface area contributed by atoms with Gasteiger partial charge in [-0.15, -0.1) is 0 Å². The smallest absolute Gasteiger partial charge is 0.109 e. The summed E-state index contributed by atoms with van der Waals surface area (Å²) in [6.07, 6.45) is 6.81. The summed E-state index contributed by atoms with van der Waals surface area (Å²) in [6, 6.07) is 1.96. The Bertz CT molecular complexity index is 528. The van der Waals surface area contributed by atoms with Gasteiger partial charge in [-0.2, -0.15) is 0 Å². The third-order valence-electron chi connectivity index (χ3n) is 3.62. The second-order valence-electron chi connectivity index (χ2n) is 5.65. The minimum Gasteiger partial charge on any atom is -0.330 e. The molecular weight excluding hydrogens is 224 g/mol. The number of pyridine rings is 1. The van der Waals surface area contributed by atoms with Crippen molar-refractivity contribution in [3.05, 3.63) is 24.3 Å². The maximum absolute atomic E-state index is 5.65. The highest BCUT2D eigenvalue weighted by molar-refractivity contribution is 5.74. The van der Waals surface area contributed by atoms with Gasteiger partial charge in [0.15, 0.2) is 0 Å². The third kappa shape index (κ3) is 2.70. The molecule has 2 aromatic heterocycles. The third-order valence-corrected chi connectivity index (χ3v) is 3.62. The van der Waals surface area contributed by atoms with Gasteiger partial charge in [0.2, 0.25) is 0 Å². The molecule has 0 fully saturated rings. The lowest BCUT2D eigenvalue weighted by atomic mass is 9.84. The Balaban J connectivity index is 2.15. The number of fused-ring (bicyclic) bond motifs is 1. The van der Waals surface area contributed by atoms with Crippen LogP contribution >= 0.6 is 0 Å². The van der Waals surface area contributed by atoms with Crippen LogP contribution in [0.1, 0.15) is 32.5 Å². The number of rotatable bonds is 5. The molecule has 0 saturated carbocycles. The fraction of sp³-hybridized carbons (Fsp3) is 0.571. The second-order valence-corrected chi connectivity index (χ2v) is 5.65. The highest BCUT2D eigenvalue weighted by Gasteiger charge is 2.18. The molecule has 18 heavy (non-hydrogen) atoms. The molecule has 0 spiro atoms. The van der Waals surface area contributed by atoms with Gasteiger partial charge in [-0.1, -0.05) is 13.8 Å². The van der Waals surface area contributed by atoms with Crippen molar-refractivity contribution in [2.75, 3.05) is 6.54 Å². The molecule has 0 unspecified atom stereocenters. The molecule has 0 saturated heterocycles. The number of aromatic nitrogens is 3. The first-order valence-corrected chi connectivity index (χ1v) is 6.49. The van der Waals surface area contributed by atoms with Gasteiger partial charge in [-0.3, -0.25) is 4.98 Å². The van der Waals surface area contributed by atoms with E-state index >= 15 is 0 Å². The van der Waals surface area contributed by atoms with Crippen molar-refractivity contribution >= 4 is 11.0 Å². The van der Waals surface area contributed by atoms with E-state index in [4.69, 9.17) is 5.73 Å². The zero-order valence-electron chi connectivity index (χ0n) is 11.5. The average Bonchev–Trinajstić information content (AvgIpc) is 2.65. The zero-order chi connectivity index (χ0) is 13.2. The molecule has 0 amide bonds. The monoisotopic (exact) mass is 246 g/mol. The standard InChI is InChI=1S/C14H22N4/c1-14(2,7-8-15)6-4-13-17-11-5-9-16-10-12(11)18(13)3/h5,9-10H,4,6-8,15H2,1-3H3. The zero-order valence-corrected chi connectivity index (χ0v) is 11.5. The fourth-order valence-electron chi connectivity index (χ4n) is 2.27. The first-order valence-electron chi connectivity index (χ1n) is 6.49. The molecule has 0 radical (unpaired) electrons. The quantitative estimate of drug-likeness (QED) is 0.880. The number of aryl methyl sites for hydroxylation is 2. The van der Waals surface area contributed by atoms with Crippen LogP contribution in [-0.4, -0.2) is 21.1 Å². The molecule has 0 aliphatic heterocycles. The molecular formula is C14H22N4. The van der Waals surface area contributed by atoms with Gasteiger partial charge in [0, 0.05) is 19.7 Å². The van der Waals surface area contributed by atoms with Crippen LogP contribution < -0.4 is 5.73 Å². The number of nitrogens with two attached hydrogens (primary N) is 1. The Labute approximate surface area is 108 Å². The molecule has 2 N–H and O–H groups in total. The van der Waals surface area contributed by atoms with Gasteiger partial charge in [0.25, 0.3) is 0 Å². The van der Waals surface area contributed by atoms with Crippen molar-refractivity contribution in [1.29, 1.82) is 0 Å². The lowest BCUT2D eigenvalue weighted by Crippen LogP contribution is -2.18. The van der Waals surface area contributed by atoms with Crippen LogP contribution in [0.4, 0.5) is 0 Å². The van der Waals surface area contributed by atoms with Crippen molar-refractivity contribution in [3.8, 4) is 0 Å². The average molecular weight is 246 g/mol. The maximum Gasteiger partial charge on any atom is 0.109 e. The lowest BCUT2D eigenvalue weighted by molar-refractivity contribution is 0.310. The predicted octanol–water partition coefficient (Wildman–Crippen LogP) is 2.28. The highest BCUT2D eigenvalue weighted by Crippen LogP contribution is 2.26. The number of hydrogen-bond acceptors (Lipinski definition) is 3. The molecule has 0 atom stereocenters. The van der Waals surface area contributed by atoms with Gasteiger partial charge < -0.3 is 10.3 Å². The minimum atomic E-state index is 0.283. The van der Waals surface area contributed by atoms with Crippen molar-refractivity contribution in [1.82, 2.24) is 14.5 Å². The Hall–Kier alpha value is -1.42. The summed E-state index contributed by atoms with van der Waals surface area (Å²) in [6.45, 7) is 5.29. The molecule has 4 heteroatoms. The Morgan fingerprint density at radius 2 is 2.11 bits per heavy atom. The van der Waals surface area contributed by atoms with Crippen LogP contribution in [0.5, 0.6) is 0 Å². The summed E-state index contributed by atoms with van der Waals surface area (Å²) in [5.41, 5.74) is 8.06. The first-order chi connectivity index (χ1) is 8.53. The summed E-state index contributed by atoms with van der Waals surface area (Å²) in [7, 11) is 2.06. The van der Waals surface area contributed by atoms with Crippen LogP contribution in [0.15, 0.2) is 18.5 Å². The Morgan fingerprint density at radius 3 is 2.78 bits per heavy atom. The van der Waals surface area contributed by atoms with E-state index < -0.39 is 0 Å². The van der Waals surface area contributed by atoms with Crippen LogP contribution in [-0.2, 0) is 13.5 Å². The fourth-order valence-corrected chi connectivity index (χ4v) is 2.27. The van der Waals surface area contributed by atoms with Crippen LogP contribution in [0, 0.1) is 5.41 Å². The summed E-state index contributed by atoms with van der Waals surface area (Å²) >= 11 is 0. The van der Waals surface area contributed by atoms with E-state index in [1.54, 1.807) is 6.20 Å². The van der Waals surface area contributed by atoms with E-state index in [2.05, 4.69) is 35.4 Å². The molecule has 98 valence electrons. The Morgan fingerprint density at radius 1 is 1.33 bits per heavy atom. The molecule has 0 aliphatic carbocycles. The van der Waals surface area contributed by atoms with Crippen LogP contribution in [0.3, 0.4) is 0 Å². The van der Waals surface area contributed by atoms with Gasteiger partial charge in [0.1, 0.15) is 5.82 Å². The second kappa shape index (κ2) is 5.06. The van der Waals surface area contributed by atoms with E-state index in [0.717, 1.165) is 42.7 Å². The largest absolute Gasteiger partial charge is 0.330 e. The van der Waals surface area contributed by atoms with Gasteiger partial charge in [-0.25, -0.2) is 4.98 Å². The molecule has 0 aliphatic rings.